The minimum atomic E-state index is -3.63. The van der Waals surface area contributed by atoms with E-state index in [1.807, 2.05) is 30.3 Å². The first-order valence-electron chi connectivity index (χ1n) is 9.03. The second kappa shape index (κ2) is 9.36. The van der Waals surface area contributed by atoms with Gasteiger partial charge >= 0.3 is 0 Å². The van der Waals surface area contributed by atoms with Crippen LogP contribution in [0.4, 0.5) is 0 Å². The van der Waals surface area contributed by atoms with Gasteiger partial charge in [0.15, 0.2) is 0 Å². The van der Waals surface area contributed by atoms with E-state index in [1.54, 1.807) is 36.4 Å². The summed E-state index contributed by atoms with van der Waals surface area (Å²) in [5, 5.41) is 2.86. The van der Waals surface area contributed by atoms with Gasteiger partial charge in [-0.2, -0.15) is 0 Å². The highest BCUT2D eigenvalue weighted by atomic mass is 32.2. The van der Waals surface area contributed by atoms with Gasteiger partial charge in [-0.3, -0.25) is 4.79 Å². The monoisotopic (exact) mass is 410 g/mol. The van der Waals surface area contributed by atoms with Crippen LogP contribution in [0.1, 0.15) is 21.5 Å². The Morgan fingerprint density at radius 3 is 2.07 bits per heavy atom. The van der Waals surface area contributed by atoms with Crippen molar-refractivity contribution in [1.29, 1.82) is 0 Å². The molecule has 29 heavy (non-hydrogen) atoms. The molecule has 0 unspecified atom stereocenters. The number of nitrogens with one attached hydrogen (secondary N) is 2. The molecule has 1 amide bonds. The summed E-state index contributed by atoms with van der Waals surface area (Å²) in [5.74, 6) is 0.407. The Balaban J connectivity index is 1.56. The average molecular weight is 410 g/mol. The van der Waals surface area contributed by atoms with E-state index in [-0.39, 0.29) is 17.3 Å². The molecular formula is C22H22N2O4S. The Morgan fingerprint density at radius 2 is 1.45 bits per heavy atom. The molecule has 150 valence electrons. The molecule has 3 aromatic rings. The van der Waals surface area contributed by atoms with Gasteiger partial charge in [0.2, 0.25) is 10.0 Å². The number of hydrogen-bond donors (Lipinski definition) is 2. The summed E-state index contributed by atoms with van der Waals surface area (Å²) in [6.07, 6.45) is 0. The lowest BCUT2D eigenvalue weighted by Gasteiger charge is -2.09. The van der Waals surface area contributed by atoms with Crippen molar-refractivity contribution in [2.45, 2.75) is 18.0 Å². The van der Waals surface area contributed by atoms with Crippen molar-refractivity contribution in [3.63, 3.8) is 0 Å². The average Bonchev–Trinajstić information content (AvgIpc) is 2.77. The molecule has 0 aromatic heterocycles. The summed E-state index contributed by atoms with van der Waals surface area (Å²) in [4.78, 5) is 12.4. The molecule has 0 saturated carbocycles. The zero-order valence-corrected chi connectivity index (χ0v) is 16.8. The van der Waals surface area contributed by atoms with Gasteiger partial charge in [0.1, 0.15) is 5.75 Å². The molecule has 2 N–H and O–H groups in total. The van der Waals surface area contributed by atoms with Gasteiger partial charge in [0.05, 0.1) is 12.0 Å². The van der Waals surface area contributed by atoms with E-state index in [9.17, 15) is 13.2 Å². The molecule has 0 spiro atoms. The molecule has 0 bridgehead atoms. The summed E-state index contributed by atoms with van der Waals surface area (Å²) in [5.41, 5.74) is 2.29. The van der Waals surface area contributed by atoms with Crippen molar-refractivity contribution in [3.8, 4) is 5.75 Å². The molecule has 0 aliphatic rings. The van der Waals surface area contributed by atoms with Crippen LogP contribution in [-0.2, 0) is 23.1 Å². The molecule has 3 rings (SSSR count). The fourth-order valence-electron chi connectivity index (χ4n) is 2.67. The molecule has 0 saturated heterocycles. The van der Waals surface area contributed by atoms with Crippen molar-refractivity contribution < 1.29 is 17.9 Å². The van der Waals surface area contributed by atoms with Crippen molar-refractivity contribution in [2.75, 3.05) is 7.11 Å². The van der Waals surface area contributed by atoms with Gasteiger partial charge in [-0.25, -0.2) is 13.1 Å². The van der Waals surface area contributed by atoms with Gasteiger partial charge in [0, 0.05) is 18.7 Å². The number of hydrogen-bond acceptors (Lipinski definition) is 4. The topological polar surface area (TPSA) is 84.5 Å². The summed E-state index contributed by atoms with van der Waals surface area (Å²) in [7, 11) is -2.11. The van der Waals surface area contributed by atoms with Crippen molar-refractivity contribution in [3.05, 3.63) is 95.6 Å². The largest absolute Gasteiger partial charge is 0.497 e. The Bertz CT molecular complexity index is 1050. The van der Waals surface area contributed by atoms with Crippen LogP contribution in [0.25, 0.3) is 0 Å². The summed E-state index contributed by atoms with van der Waals surface area (Å²) in [6.45, 7) is 0.573. The van der Waals surface area contributed by atoms with Crippen LogP contribution in [-0.4, -0.2) is 21.4 Å². The van der Waals surface area contributed by atoms with Gasteiger partial charge < -0.3 is 10.1 Å². The predicted molar refractivity (Wildman–Crippen MR) is 111 cm³/mol. The molecule has 6 nitrogen and oxygen atoms in total. The first kappa shape index (κ1) is 20.6. The van der Waals surface area contributed by atoms with Crippen LogP contribution in [0.5, 0.6) is 5.75 Å². The lowest BCUT2D eigenvalue weighted by Crippen LogP contribution is -2.24. The van der Waals surface area contributed by atoms with Crippen LogP contribution < -0.4 is 14.8 Å². The number of carbonyl (C=O) groups excluding carboxylic acids is 1. The number of carbonyl (C=O) groups is 1. The third-order valence-corrected chi connectivity index (χ3v) is 5.77. The van der Waals surface area contributed by atoms with Crippen LogP contribution in [0.3, 0.4) is 0 Å². The maximum Gasteiger partial charge on any atom is 0.251 e. The number of amides is 1. The normalized spacial score (nSPS) is 11.1. The standard InChI is InChI=1S/C22H22N2O4S/c1-28-20-11-13-21(14-12-20)29(26,27)24-16-18-7-9-19(10-8-18)22(25)23-15-17-5-3-2-4-6-17/h2-14,24H,15-16H2,1H3,(H,23,25). The summed E-state index contributed by atoms with van der Waals surface area (Å²) in [6, 6.07) is 22.6. The molecular weight excluding hydrogens is 388 g/mol. The second-order valence-corrected chi connectivity index (χ2v) is 8.13. The summed E-state index contributed by atoms with van der Waals surface area (Å²) < 4.78 is 32.4. The van der Waals surface area contributed by atoms with E-state index in [2.05, 4.69) is 10.0 Å². The number of ether oxygens (including phenoxy) is 1. The Kier molecular flexibility index (Phi) is 6.64. The Hall–Kier alpha value is -3.16. The number of sulfonamides is 1. The van der Waals surface area contributed by atoms with Crippen LogP contribution in [0.2, 0.25) is 0 Å². The van der Waals surface area contributed by atoms with E-state index >= 15 is 0 Å². The van der Waals surface area contributed by atoms with E-state index in [0.717, 1.165) is 11.1 Å². The second-order valence-electron chi connectivity index (χ2n) is 6.37. The molecule has 3 aromatic carbocycles. The highest BCUT2D eigenvalue weighted by Gasteiger charge is 2.14. The quantitative estimate of drug-likeness (QED) is 0.598. The van der Waals surface area contributed by atoms with Gasteiger partial charge in [-0.15, -0.1) is 0 Å². The first-order valence-corrected chi connectivity index (χ1v) is 10.5. The molecule has 0 aliphatic carbocycles. The van der Waals surface area contributed by atoms with Crippen molar-refractivity contribution in [2.24, 2.45) is 0 Å². The van der Waals surface area contributed by atoms with Gasteiger partial charge in [-0.1, -0.05) is 42.5 Å². The van der Waals surface area contributed by atoms with Crippen molar-refractivity contribution in [1.82, 2.24) is 10.0 Å². The molecule has 0 atom stereocenters. The number of rotatable bonds is 8. The number of methoxy groups -OCH3 is 1. The maximum atomic E-state index is 12.4. The fraction of sp³-hybridized carbons (Fsp3) is 0.136. The van der Waals surface area contributed by atoms with Crippen LogP contribution in [0, 0.1) is 0 Å². The predicted octanol–water partition coefficient (Wildman–Crippen LogP) is 3.10. The third kappa shape index (κ3) is 5.66. The third-order valence-electron chi connectivity index (χ3n) is 4.35. The number of benzene rings is 3. The van der Waals surface area contributed by atoms with Crippen molar-refractivity contribution >= 4 is 15.9 Å². The minimum absolute atomic E-state index is 0.125. The molecule has 0 heterocycles. The van der Waals surface area contributed by atoms with Crippen LogP contribution in [0.15, 0.2) is 83.8 Å². The zero-order valence-electron chi connectivity index (χ0n) is 16.0. The fourth-order valence-corrected chi connectivity index (χ4v) is 3.69. The van der Waals surface area contributed by atoms with E-state index in [0.29, 0.717) is 17.9 Å². The zero-order chi connectivity index (χ0) is 20.7. The van der Waals surface area contributed by atoms with Crippen LogP contribution >= 0.6 is 0 Å². The molecule has 7 heteroatoms. The lowest BCUT2D eigenvalue weighted by molar-refractivity contribution is 0.0951. The maximum absolute atomic E-state index is 12.4. The van der Waals surface area contributed by atoms with E-state index in [1.165, 1.54) is 19.2 Å². The smallest absolute Gasteiger partial charge is 0.251 e. The lowest BCUT2D eigenvalue weighted by atomic mass is 10.1. The van der Waals surface area contributed by atoms with E-state index in [4.69, 9.17) is 4.74 Å². The SMILES string of the molecule is COc1ccc(S(=O)(=O)NCc2ccc(C(=O)NCc3ccccc3)cc2)cc1. The molecule has 0 fully saturated rings. The van der Waals surface area contributed by atoms with E-state index < -0.39 is 10.0 Å². The minimum Gasteiger partial charge on any atom is -0.497 e. The molecule has 0 radical (unpaired) electrons. The first-order chi connectivity index (χ1) is 14.0. The summed E-state index contributed by atoms with van der Waals surface area (Å²) >= 11 is 0. The molecule has 0 aliphatic heterocycles. The highest BCUT2D eigenvalue weighted by Crippen LogP contribution is 2.16. The van der Waals surface area contributed by atoms with Gasteiger partial charge in [-0.05, 0) is 47.5 Å². The highest BCUT2D eigenvalue weighted by molar-refractivity contribution is 7.89. The Labute approximate surface area is 170 Å². The Morgan fingerprint density at radius 1 is 0.828 bits per heavy atom. The van der Waals surface area contributed by atoms with Gasteiger partial charge in [0.25, 0.3) is 5.91 Å².